The van der Waals surface area contributed by atoms with E-state index in [2.05, 4.69) is 47.8 Å². The van der Waals surface area contributed by atoms with Gasteiger partial charge in [0, 0.05) is 12.6 Å². The third-order valence-electron chi connectivity index (χ3n) is 6.14. The van der Waals surface area contributed by atoms with Gasteiger partial charge >= 0.3 is 6.09 Å². The molecule has 1 N–H and O–H groups in total. The van der Waals surface area contributed by atoms with Gasteiger partial charge in [-0.05, 0) is 47.5 Å². The summed E-state index contributed by atoms with van der Waals surface area (Å²) in [7, 11) is 0. The first kappa shape index (κ1) is 19.7. The van der Waals surface area contributed by atoms with Gasteiger partial charge in [0.15, 0.2) is 0 Å². The number of thioether (sulfide) groups is 1. The molecule has 0 saturated carbocycles. The van der Waals surface area contributed by atoms with Crippen LogP contribution in [0.4, 0.5) is 4.79 Å². The van der Waals surface area contributed by atoms with Crippen molar-refractivity contribution >= 4 is 17.9 Å². The van der Waals surface area contributed by atoms with E-state index in [1.807, 2.05) is 11.8 Å². The summed E-state index contributed by atoms with van der Waals surface area (Å²) < 4.78 is 0. The van der Waals surface area contributed by atoms with Crippen LogP contribution in [-0.4, -0.2) is 40.7 Å². The summed E-state index contributed by atoms with van der Waals surface area (Å²) in [4.78, 5) is 13.7. The number of hydrogen-bond acceptors (Lipinski definition) is 2. The highest BCUT2D eigenvalue weighted by Crippen LogP contribution is 2.46. The van der Waals surface area contributed by atoms with Crippen molar-refractivity contribution in [3.63, 3.8) is 0 Å². The summed E-state index contributed by atoms with van der Waals surface area (Å²) >= 11 is 1.85. The lowest BCUT2D eigenvalue weighted by Gasteiger charge is -2.53. The molecule has 1 heterocycles. The molecule has 1 amide bonds. The van der Waals surface area contributed by atoms with Crippen molar-refractivity contribution in [2.24, 2.45) is 22.7 Å². The van der Waals surface area contributed by atoms with E-state index in [1.165, 1.54) is 0 Å². The molecule has 1 aliphatic rings. The van der Waals surface area contributed by atoms with E-state index in [4.69, 9.17) is 0 Å². The molecule has 4 heteroatoms. The number of rotatable bonds is 6. The molecule has 3 nitrogen and oxygen atoms in total. The molecule has 3 unspecified atom stereocenters. The lowest BCUT2D eigenvalue weighted by molar-refractivity contribution is -0.0272. The molecule has 1 aliphatic heterocycles. The molecule has 0 aromatic rings. The first-order chi connectivity index (χ1) is 10.1. The molecule has 3 atom stereocenters. The first-order valence-electron chi connectivity index (χ1n) is 8.59. The molecule has 0 bridgehead atoms. The number of piperidine rings is 1. The standard InChI is InChI=1S/C18H35NO2S/c1-8-17(3,4)14-10-13(12-22-7)15(18(5,6)9-2)19(11-14)16(20)21/h13-15H,8-12H2,1-7H3,(H,20,21). The Kier molecular flexibility index (Phi) is 6.67. The van der Waals surface area contributed by atoms with Crippen LogP contribution in [0.2, 0.25) is 0 Å². The maximum Gasteiger partial charge on any atom is 0.407 e. The SMILES string of the molecule is CCC(C)(C)C1CC(CSC)C(C(C)(C)CC)N(C(=O)O)C1. The molecule has 22 heavy (non-hydrogen) atoms. The van der Waals surface area contributed by atoms with Crippen LogP contribution in [0.25, 0.3) is 0 Å². The summed E-state index contributed by atoms with van der Waals surface area (Å²) in [6.45, 7) is 14.1. The van der Waals surface area contributed by atoms with Gasteiger partial charge < -0.3 is 10.0 Å². The van der Waals surface area contributed by atoms with Crippen LogP contribution in [0, 0.1) is 22.7 Å². The minimum absolute atomic E-state index is 0.0279. The Balaban J connectivity index is 3.18. The van der Waals surface area contributed by atoms with Crippen molar-refractivity contribution < 1.29 is 9.90 Å². The molecule has 1 saturated heterocycles. The van der Waals surface area contributed by atoms with E-state index < -0.39 is 6.09 Å². The van der Waals surface area contributed by atoms with Crippen LogP contribution < -0.4 is 0 Å². The molecular weight excluding hydrogens is 294 g/mol. The second-order valence-electron chi connectivity index (χ2n) is 8.21. The second-order valence-corrected chi connectivity index (χ2v) is 9.12. The number of carbonyl (C=O) groups is 1. The van der Waals surface area contributed by atoms with Crippen molar-refractivity contribution in [1.82, 2.24) is 4.90 Å². The Morgan fingerprint density at radius 1 is 1.18 bits per heavy atom. The average Bonchev–Trinajstić information content (AvgIpc) is 2.46. The lowest BCUT2D eigenvalue weighted by atomic mass is 9.64. The molecular formula is C18H35NO2S. The fourth-order valence-electron chi connectivity index (χ4n) is 3.87. The van der Waals surface area contributed by atoms with E-state index in [1.54, 1.807) is 4.90 Å². The number of likely N-dealkylation sites (tertiary alicyclic amines) is 1. The largest absolute Gasteiger partial charge is 0.465 e. The zero-order chi connectivity index (χ0) is 17.1. The van der Waals surface area contributed by atoms with E-state index in [0.717, 1.165) is 25.0 Å². The van der Waals surface area contributed by atoms with Gasteiger partial charge in [0.25, 0.3) is 0 Å². The van der Waals surface area contributed by atoms with Crippen LogP contribution in [0.3, 0.4) is 0 Å². The van der Waals surface area contributed by atoms with Gasteiger partial charge in [-0.2, -0.15) is 11.8 Å². The molecule has 130 valence electrons. The van der Waals surface area contributed by atoms with Crippen molar-refractivity contribution in [2.45, 2.75) is 66.8 Å². The Labute approximate surface area is 141 Å². The van der Waals surface area contributed by atoms with Gasteiger partial charge in [-0.1, -0.05) is 48.0 Å². The topological polar surface area (TPSA) is 40.5 Å². The van der Waals surface area contributed by atoms with E-state index >= 15 is 0 Å². The fourth-order valence-corrected chi connectivity index (χ4v) is 4.62. The Bertz CT molecular complexity index is 381. The van der Waals surface area contributed by atoms with Gasteiger partial charge in [0.2, 0.25) is 0 Å². The molecule has 1 rings (SSSR count). The summed E-state index contributed by atoms with van der Waals surface area (Å²) in [5, 5.41) is 9.83. The van der Waals surface area contributed by atoms with Crippen LogP contribution in [-0.2, 0) is 0 Å². The summed E-state index contributed by atoms with van der Waals surface area (Å²) in [6, 6.07) is 0.131. The molecule has 0 radical (unpaired) electrons. The van der Waals surface area contributed by atoms with E-state index in [9.17, 15) is 9.90 Å². The molecule has 0 aromatic carbocycles. The Morgan fingerprint density at radius 2 is 1.73 bits per heavy atom. The quantitative estimate of drug-likeness (QED) is 0.727. The number of nitrogens with zero attached hydrogens (tertiary/aromatic N) is 1. The molecule has 1 fully saturated rings. The van der Waals surface area contributed by atoms with E-state index in [-0.39, 0.29) is 16.9 Å². The Morgan fingerprint density at radius 3 is 2.14 bits per heavy atom. The Hall–Kier alpha value is -0.380. The number of hydrogen-bond donors (Lipinski definition) is 1. The second kappa shape index (κ2) is 7.46. The summed E-state index contributed by atoms with van der Waals surface area (Å²) in [5.74, 6) is 1.95. The molecule has 0 aliphatic carbocycles. The highest BCUT2D eigenvalue weighted by atomic mass is 32.2. The summed E-state index contributed by atoms with van der Waals surface area (Å²) in [6.07, 6.45) is 4.65. The fraction of sp³-hybridized carbons (Fsp3) is 0.944. The maximum atomic E-state index is 12.0. The third kappa shape index (κ3) is 4.12. The van der Waals surface area contributed by atoms with Gasteiger partial charge in [-0.15, -0.1) is 0 Å². The molecule has 0 aromatic heterocycles. The highest BCUT2D eigenvalue weighted by Gasteiger charge is 2.48. The number of carboxylic acid groups (broad SMARTS) is 1. The predicted molar refractivity (Wildman–Crippen MR) is 96.6 cm³/mol. The van der Waals surface area contributed by atoms with Gasteiger partial charge in [0.1, 0.15) is 0 Å². The van der Waals surface area contributed by atoms with Gasteiger partial charge in [-0.3, -0.25) is 0 Å². The van der Waals surface area contributed by atoms with Gasteiger partial charge in [0.05, 0.1) is 0 Å². The van der Waals surface area contributed by atoms with Crippen LogP contribution >= 0.6 is 11.8 Å². The monoisotopic (exact) mass is 329 g/mol. The first-order valence-corrected chi connectivity index (χ1v) is 9.98. The van der Waals surface area contributed by atoms with Crippen molar-refractivity contribution in [1.29, 1.82) is 0 Å². The molecule has 0 spiro atoms. The summed E-state index contributed by atoms with van der Waals surface area (Å²) in [5.41, 5.74) is 0.228. The number of amides is 1. The van der Waals surface area contributed by atoms with Crippen molar-refractivity contribution in [3.05, 3.63) is 0 Å². The van der Waals surface area contributed by atoms with E-state index in [0.29, 0.717) is 18.4 Å². The maximum absolute atomic E-state index is 12.0. The van der Waals surface area contributed by atoms with Crippen molar-refractivity contribution in [2.75, 3.05) is 18.6 Å². The zero-order valence-electron chi connectivity index (χ0n) is 15.5. The van der Waals surface area contributed by atoms with Gasteiger partial charge in [-0.25, -0.2) is 4.79 Å². The van der Waals surface area contributed by atoms with Crippen LogP contribution in [0.15, 0.2) is 0 Å². The average molecular weight is 330 g/mol. The zero-order valence-corrected chi connectivity index (χ0v) is 16.3. The normalized spacial score (nSPS) is 27.0. The minimum atomic E-state index is -0.741. The predicted octanol–water partition coefficient (Wildman–Crippen LogP) is 5.21. The highest BCUT2D eigenvalue weighted by molar-refractivity contribution is 7.98. The lowest BCUT2D eigenvalue weighted by Crippen LogP contribution is -2.59. The smallest absolute Gasteiger partial charge is 0.407 e. The van der Waals surface area contributed by atoms with Crippen molar-refractivity contribution in [3.8, 4) is 0 Å². The van der Waals surface area contributed by atoms with Crippen LogP contribution in [0.1, 0.15) is 60.8 Å². The third-order valence-corrected chi connectivity index (χ3v) is 6.90. The minimum Gasteiger partial charge on any atom is -0.465 e. The van der Waals surface area contributed by atoms with Crippen LogP contribution in [0.5, 0.6) is 0 Å².